The first kappa shape index (κ1) is 21.1. The molecule has 0 saturated carbocycles. The van der Waals surface area contributed by atoms with E-state index in [1.165, 1.54) is 0 Å². The third-order valence-corrected chi connectivity index (χ3v) is 4.67. The van der Waals surface area contributed by atoms with Crippen LogP contribution in [0.3, 0.4) is 0 Å². The molecule has 3 aromatic rings. The third kappa shape index (κ3) is 4.86. The van der Waals surface area contributed by atoms with Crippen molar-refractivity contribution in [2.75, 3.05) is 28.4 Å². The summed E-state index contributed by atoms with van der Waals surface area (Å²) in [5.41, 5.74) is 1.77. The van der Waals surface area contributed by atoms with Gasteiger partial charge in [-0.15, -0.1) is 0 Å². The molecule has 0 radical (unpaired) electrons. The van der Waals surface area contributed by atoms with E-state index in [1.54, 1.807) is 52.7 Å². The lowest BCUT2D eigenvalue weighted by Gasteiger charge is -2.14. The fraction of sp³-hybridized carbons (Fsp3) is 0.261. The molecule has 1 N–H and O–H groups in total. The van der Waals surface area contributed by atoms with E-state index in [0.29, 0.717) is 36.0 Å². The number of carbonyl (C=O) groups excluding carboxylic acids is 1. The average molecular weight is 411 g/mol. The molecule has 0 aliphatic carbocycles. The first-order valence-corrected chi connectivity index (χ1v) is 9.36. The number of ether oxygens (including phenoxy) is 4. The minimum Gasteiger partial charge on any atom is -0.497 e. The van der Waals surface area contributed by atoms with Crippen LogP contribution in [-0.4, -0.2) is 34.3 Å². The molecule has 0 aliphatic heterocycles. The molecular weight excluding hydrogens is 386 g/mol. The highest BCUT2D eigenvalue weighted by molar-refractivity contribution is 5.91. The second kappa shape index (κ2) is 9.73. The van der Waals surface area contributed by atoms with Gasteiger partial charge in [-0.3, -0.25) is 4.79 Å². The summed E-state index contributed by atoms with van der Waals surface area (Å²) in [5, 5.41) is 2.85. The Labute approximate surface area is 175 Å². The number of carbonyl (C=O) groups is 1. The molecule has 158 valence electrons. The number of hydrogen-bond acceptors (Lipinski definition) is 6. The highest BCUT2D eigenvalue weighted by Gasteiger charge is 2.17. The highest BCUT2D eigenvalue weighted by atomic mass is 16.5. The molecule has 7 heteroatoms. The quantitative estimate of drug-likeness (QED) is 0.576. The van der Waals surface area contributed by atoms with Crippen molar-refractivity contribution < 1.29 is 28.2 Å². The lowest BCUT2D eigenvalue weighted by Crippen LogP contribution is -2.22. The normalized spacial score (nSPS) is 10.4. The second-order valence-corrected chi connectivity index (χ2v) is 6.48. The van der Waals surface area contributed by atoms with Crippen LogP contribution in [0.1, 0.15) is 27.4 Å². The SMILES string of the molecule is COc1ccc(CNC(=O)c2ccc(Cc3c(OC)cc(OC)cc3OC)o2)cc1. The van der Waals surface area contributed by atoms with Gasteiger partial charge in [-0.2, -0.15) is 0 Å². The minimum absolute atomic E-state index is 0.241. The van der Waals surface area contributed by atoms with Crippen LogP contribution in [-0.2, 0) is 13.0 Å². The Kier molecular flexibility index (Phi) is 6.85. The van der Waals surface area contributed by atoms with Crippen LogP contribution in [0, 0.1) is 0 Å². The van der Waals surface area contributed by atoms with E-state index in [9.17, 15) is 4.79 Å². The summed E-state index contributed by atoms with van der Waals surface area (Å²) in [6, 6.07) is 14.5. The number of benzene rings is 2. The molecule has 1 heterocycles. The van der Waals surface area contributed by atoms with E-state index >= 15 is 0 Å². The van der Waals surface area contributed by atoms with Gasteiger partial charge >= 0.3 is 0 Å². The summed E-state index contributed by atoms with van der Waals surface area (Å²) >= 11 is 0. The lowest BCUT2D eigenvalue weighted by molar-refractivity contribution is 0.0921. The summed E-state index contributed by atoms with van der Waals surface area (Å²) in [6.07, 6.45) is 0.405. The standard InChI is InChI=1S/C23H25NO6/c1-26-16-7-5-15(6-8-16)14-24-23(25)20-10-9-17(30-20)11-19-21(28-3)12-18(27-2)13-22(19)29-4/h5-10,12-13H,11,14H2,1-4H3,(H,24,25). The topological polar surface area (TPSA) is 79.2 Å². The number of hydrogen-bond donors (Lipinski definition) is 1. The summed E-state index contributed by atoms with van der Waals surface area (Å²) < 4.78 is 27.1. The zero-order valence-electron chi connectivity index (χ0n) is 17.5. The largest absolute Gasteiger partial charge is 0.497 e. The molecule has 0 aliphatic rings. The van der Waals surface area contributed by atoms with Crippen LogP contribution < -0.4 is 24.3 Å². The Balaban J connectivity index is 1.69. The third-order valence-electron chi connectivity index (χ3n) is 4.67. The van der Waals surface area contributed by atoms with E-state index < -0.39 is 0 Å². The number of nitrogens with one attached hydrogen (secondary N) is 1. The smallest absolute Gasteiger partial charge is 0.287 e. The van der Waals surface area contributed by atoms with Crippen molar-refractivity contribution in [1.29, 1.82) is 0 Å². The molecule has 0 saturated heterocycles. The number of methoxy groups -OCH3 is 4. The van der Waals surface area contributed by atoms with Gasteiger partial charge in [0.15, 0.2) is 5.76 Å². The van der Waals surface area contributed by atoms with E-state index in [0.717, 1.165) is 16.9 Å². The van der Waals surface area contributed by atoms with Crippen molar-refractivity contribution in [3.05, 3.63) is 71.2 Å². The summed E-state index contributed by atoms with van der Waals surface area (Å²) in [7, 11) is 6.36. The van der Waals surface area contributed by atoms with Crippen molar-refractivity contribution >= 4 is 5.91 Å². The van der Waals surface area contributed by atoms with Crippen molar-refractivity contribution in [2.24, 2.45) is 0 Å². The van der Waals surface area contributed by atoms with E-state index in [1.807, 2.05) is 24.3 Å². The van der Waals surface area contributed by atoms with Gasteiger partial charge < -0.3 is 28.7 Å². The van der Waals surface area contributed by atoms with Crippen LogP contribution in [0.15, 0.2) is 52.9 Å². The Hall–Kier alpha value is -3.61. The molecule has 0 fully saturated rings. The maximum Gasteiger partial charge on any atom is 0.287 e. The molecule has 7 nitrogen and oxygen atoms in total. The zero-order valence-corrected chi connectivity index (χ0v) is 17.5. The fourth-order valence-electron chi connectivity index (χ4n) is 3.03. The first-order chi connectivity index (χ1) is 14.6. The molecule has 1 amide bonds. The highest BCUT2D eigenvalue weighted by Crippen LogP contribution is 2.35. The molecule has 30 heavy (non-hydrogen) atoms. The average Bonchev–Trinajstić information content (AvgIpc) is 3.26. The van der Waals surface area contributed by atoms with Gasteiger partial charge in [0.05, 0.1) is 28.4 Å². The Morgan fingerprint density at radius 2 is 1.47 bits per heavy atom. The molecule has 0 bridgehead atoms. The van der Waals surface area contributed by atoms with E-state index in [2.05, 4.69) is 5.32 Å². The Morgan fingerprint density at radius 3 is 2.03 bits per heavy atom. The number of amides is 1. The second-order valence-electron chi connectivity index (χ2n) is 6.48. The van der Waals surface area contributed by atoms with E-state index in [-0.39, 0.29) is 11.7 Å². The predicted molar refractivity (Wildman–Crippen MR) is 112 cm³/mol. The molecule has 0 atom stereocenters. The Morgan fingerprint density at radius 1 is 0.833 bits per heavy atom. The van der Waals surface area contributed by atoms with Gasteiger partial charge in [-0.1, -0.05) is 12.1 Å². The van der Waals surface area contributed by atoms with Crippen molar-refractivity contribution in [2.45, 2.75) is 13.0 Å². The molecular formula is C23H25NO6. The van der Waals surface area contributed by atoms with Crippen molar-refractivity contribution in [3.63, 3.8) is 0 Å². The molecule has 0 spiro atoms. The van der Waals surface area contributed by atoms with Gasteiger partial charge in [0.2, 0.25) is 0 Å². The summed E-state index contributed by atoms with van der Waals surface area (Å²) in [5.74, 6) is 3.21. The van der Waals surface area contributed by atoms with Crippen LogP contribution in [0.2, 0.25) is 0 Å². The lowest BCUT2D eigenvalue weighted by atomic mass is 10.1. The van der Waals surface area contributed by atoms with Gasteiger partial charge in [-0.05, 0) is 29.8 Å². The minimum atomic E-state index is -0.286. The van der Waals surface area contributed by atoms with Crippen molar-refractivity contribution in [1.82, 2.24) is 5.32 Å². The Bertz CT molecular complexity index is 968. The number of rotatable bonds is 9. The van der Waals surface area contributed by atoms with Crippen LogP contribution in [0.5, 0.6) is 23.0 Å². The predicted octanol–water partition coefficient (Wildman–Crippen LogP) is 3.83. The van der Waals surface area contributed by atoms with Gasteiger partial charge in [0.25, 0.3) is 5.91 Å². The van der Waals surface area contributed by atoms with Crippen LogP contribution >= 0.6 is 0 Å². The van der Waals surface area contributed by atoms with Gasteiger partial charge in [0, 0.05) is 30.7 Å². The van der Waals surface area contributed by atoms with Crippen LogP contribution in [0.4, 0.5) is 0 Å². The summed E-state index contributed by atoms with van der Waals surface area (Å²) in [4.78, 5) is 12.4. The molecule has 0 unspecified atom stereocenters. The van der Waals surface area contributed by atoms with Crippen LogP contribution in [0.25, 0.3) is 0 Å². The molecule has 3 rings (SSSR count). The first-order valence-electron chi connectivity index (χ1n) is 9.36. The van der Waals surface area contributed by atoms with Gasteiger partial charge in [-0.25, -0.2) is 0 Å². The molecule has 1 aromatic heterocycles. The van der Waals surface area contributed by atoms with Crippen molar-refractivity contribution in [3.8, 4) is 23.0 Å². The molecule has 2 aromatic carbocycles. The zero-order chi connectivity index (χ0) is 21.5. The van der Waals surface area contributed by atoms with Gasteiger partial charge in [0.1, 0.15) is 28.8 Å². The maximum atomic E-state index is 12.4. The maximum absolute atomic E-state index is 12.4. The monoisotopic (exact) mass is 411 g/mol. The van der Waals surface area contributed by atoms with E-state index in [4.69, 9.17) is 23.4 Å². The summed E-state index contributed by atoms with van der Waals surface area (Å²) in [6.45, 7) is 0.388. The fourth-order valence-corrected chi connectivity index (χ4v) is 3.03. The number of furan rings is 1.